The number of aromatic hydroxyl groups is 1. The van der Waals surface area contributed by atoms with Gasteiger partial charge in [-0.1, -0.05) is 12.1 Å². The first-order valence-corrected chi connectivity index (χ1v) is 3.71. The Morgan fingerprint density at radius 1 is 1.46 bits per heavy atom. The van der Waals surface area contributed by atoms with Crippen LogP contribution in [0.2, 0.25) is 0 Å². The molecule has 0 saturated carbocycles. The Kier molecular flexibility index (Phi) is 1.70. The van der Waals surface area contributed by atoms with E-state index in [1.165, 1.54) is 4.80 Å². The highest BCUT2D eigenvalue weighted by atomic mass is 16.3. The van der Waals surface area contributed by atoms with E-state index < -0.39 is 0 Å². The van der Waals surface area contributed by atoms with Crippen LogP contribution < -0.4 is 0 Å². The molecule has 13 heavy (non-hydrogen) atoms. The number of rotatable bonds is 1. The molecule has 1 N–H and O–H groups in total. The van der Waals surface area contributed by atoms with Crippen LogP contribution in [0, 0.1) is 6.07 Å². The van der Waals surface area contributed by atoms with E-state index in [1.807, 2.05) is 0 Å². The standard InChI is InChI=1S/C8H7N4O/c1-12-10-8(9-11-12)6-3-2-4-7(13)5-6/h2-4,13H,1H3. The van der Waals surface area contributed by atoms with E-state index in [1.54, 1.807) is 25.2 Å². The number of aryl methyl sites for hydroxylation is 1. The largest absolute Gasteiger partial charge is 0.507 e. The van der Waals surface area contributed by atoms with Crippen LogP contribution in [-0.2, 0) is 7.05 Å². The number of hydrogen-bond donors (Lipinski definition) is 1. The second-order valence-corrected chi connectivity index (χ2v) is 2.55. The van der Waals surface area contributed by atoms with Crippen LogP contribution in [0.4, 0.5) is 0 Å². The highest BCUT2D eigenvalue weighted by molar-refractivity contribution is 5.54. The van der Waals surface area contributed by atoms with E-state index in [0.717, 1.165) is 0 Å². The van der Waals surface area contributed by atoms with E-state index in [-0.39, 0.29) is 5.75 Å². The van der Waals surface area contributed by atoms with Crippen LogP contribution in [0.15, 0.2) is 18.2 Å². The fourth-order valence-corrected chi connectivity index (χ4v) is 0.979. The lowest BCUT2D eigenvalue weighted by Gasteiger charge is -1.93. The normalized spacial score (nSPS) is 10.2. The predicted molar refractivity (Wildman–Crippen MR) is 44.7 cm³/mol. The minimum atomic E-state index is 0.0740. The van der Waals surface area contributed by atoms with E-state index in [9.17, 15) is 0 Å². The van der Waals surface area contributed by atoms with Crippen LogP contribution in [0.3, 0.4) is 0 Å². The molecule has 5 heteroatoms. The fraction of sp³-hybridized carbons (Fsp3) is 0.125. The average Bonchev–Trinajstić information content (AvgIpc) is 2.52. The first kappa shape index (κ1) is 7.72. The first-order chi connectivity index (χ1) is 6.25. The zero-order valence-electron chi connectivity index (χ0n) is 6.97. The molecule has 2 aromatic rings. The lowest BCUT2D eigenvalue weighted by atomic mass is 10.2. The Morgan fingerprint density at radius 3 is 2.92 bits per heavy atom. The molecule has 0 spiro atoms. The molecule has 1 heterocycles. The Hall–Kier alpha value is -1.91. The van der Waals surface area contributed by atoms with Crippen molar-refractivity contribution >= 4 is 0 Å². The van der Waals surface area contributed by atoms with Gasteiger partial charge in [-0.15, -0.1) is 10.2 Å². The fourth-order valence-electron chi connectivity index (χ4n) is 0.979. The molecule has 0 saturated heterocycles. The topological polar surface area (TPSA) is 63.8 Å². The van der Waals surface area contributed by atoms with Crippen molar-refractivity contribution in [3.8, 4) is 17.1 Å². The Balaban J connectivity index is 2.46. The lowest BCUT2D eigenvalue weighted by Crippen LogP contribution is -1.91. The van der Waals surface area contributed by atoms with E-state index in [4.69, 9.17) is 5.11 Å². The molecule has 0 atom stereocenters. The van der Waals surface area contributed by atoms with Gasteiger partial charge < -0.3 is 5.11 Å². The summed E-state index contributed by atoms with van der Waals surface area (Å²) in [5.41, 5.74) is 0.633. The molecule has 1 aromatic heterocycles. The van der Waals surface area contributed by atoms with Gasteiger partial charge in [0, 0.05) is 11.6 Å². The molecule has 5 nitrogen and oxygen atoms in total. The maximum absolute atomic E-state index is 9.14. The zero-order chi connectivity index (χ0) is 9.26. The zero-order valence-corrected chi connectivity index (χ0v) is 6.97. The molecule has 2 rings (SSSR count). The molecule has 1 radical (unpaired) electrons. The van der Waals surface area contributed by atoms with Crippen molar-refractivity contribution in [3.63, 3.8) is 0 Å². The summed E-state index contributed by atoms with van der Waals surface area (Å²) in [6.45, 7) is 0. The van der Waals surface area contributed by atoms with Crippen LogP contribution in [0.1, 0.15) is 0 Å². The van der Waals surface area contributed by atoms with Gasteiger partial charge in [0.2, 0.25) is 5.82 Å². The van der Waals surface area contributed by atoms with Crippen molar-refractivity contribution < 1.29 is 5.11 Å². The number of phenols is 1. The Labute approximate surface area is 74.6 Å². The quantitative estimate of drug-likeness (QED) is 0.680. The van der Waals surface area contributed by atoms with E-state index in [2.05, 4.69) is 21.5 Å². The van der Waals surface area contributed by atoms with Crippen molar-refractivity contribution in [2.45, 2.75) is 0 Å². The number of phenolic OH excluding ortho intramolecular Hbond substituents is 1. The molecule has 0 aliphatic heterocycles. The molecule has 0 aliphatic carbocycles. The summed E-state index contributed by atoms with van der Waals surface area (Å²) < 4.78 is 0. The van der Waals surface area contributed by atoms with Crippen molar-refractivity contribution in [3.05, 3.63) is 24.3 Å². The minimum absolute atomic E-state index is 0.0740. The van der Waals surface area contributed by atoms with E-state index >= 15 is 0 Å². The number of tetrazole rings is 1. The first-order valence-electron chi connectivity index (χ1n) is 3.71. The smallest absolute Gasteiger partial charge is 0.205 e. The summed E-state index contributed by atoms with van der Waals surface area (Å²) in [4.78, 5) is 1.35. The van der Waals surface area contributed by atoms with Gasteiger partial charge in [-0.05, 0) is 11.3 Å². The highest BCUT2D eigenvalue weighted by Crippen LogP contribution is 2.17. The van der Waals surface area contributed by atoms with Gasteiger partial charge in [0.25, 0.3) is 0 Å². The molecule has 0 amide bonds. The number of aromatic nitrogens is 4. The Morgan fingerprint density at radius 2 is 2.31 bits per heavy atom. The molecule has 0 bridgehead atoms. The predicted octanol–water partition coefficient (Wildman–Crippen LogP) is 0.383. The third-order valence-corrected chi connectivity index (χ3v) is 1.53. The van der Waals surface area contributed by atoms with Crippen LogP contribution >= 0.6 is 0 Å². The Bertz CT molecular complexity index is 424. The second-order valence-electron chi connectivity index (χ2n) is 2.55. The van der Waals surface area contributed by atoms with Gasteiger partial charge in [0.1, 0.15) is 5.75 Å². The molecule has 0 unspecified atom stereocenters. The highest BCUT2D eigenvalue weighted by Gasteiger charge is 2.04. The summed E-state index contributed by atoms with van der Waals surface area (Å²) in [7, 11) is 1.68. The van der Waals surface area contributed by atoms with Gasteiger partial charge in [-0.25, -0.2) is 0 Å². The molecular formula is C8H7N4O. The summed E-state index contributed by atoms with van der Waals surface area (Å²) >= 11 is 0. The third-order valence-electron chi connectivity index (χ3n) is 1.53. The monoisotopic (exact) mass is 175 g/mol. The molecule has 65 valence electrons. The lowest BCUT2D eigenvalue weighted by molar-refractivity contribution is 0.474. The van der Waals surface area contributed by atoms with Gasteiger partial charge in [-0.3, -0.25) is 0 Å². The van der Waals surface area contributed by atoms with Gasteiger partial charge >= 0.3 is 0 Å². The minimum Gasteiger partial charge on any atom is -0.507 e. The van der Waals surface area contributed by atoms with Crippen LogP contribution in [0.5, 0.6) is 5.75 Å². The second kappa shape index (κ2) is 2.85. The number of hydrogen-bond acceptors (Lipinski definition) is 4. The van der Waals surface area contributed by atoms with Gasteiger partial charge in [-0.2, -0.15) is 4.80 Å². The molecule has 0 fully saturated rings. The van der Waals surface area contributed by atoms with Crippen molar-refractivity contribution in [1.29, 1.82) is 0 Å². The third kappa shape index (κ3) is 1.48. The van der Waals surface area contributed by atoms with Crippen molar-refractivity contribution in [1.82, 2.24) is 20.2 Å². The maximum atomic E-state index is 9.14. The van der Waals surface area contributed by atoms with Gasteiger partial charge in [0.05, 0.1) is 7.05 Å². The average molecular weight is 175 g/mol. The summed E-state index contributed by atoms with van der Waals surface area (Å²) in [6, 6.07) is 7.72. The van der Waals surface area contributed by atoms with Gasteiger partial charge in [0.15, 0.2) is 0 Å². The van der Waals surface area contributed by atoms with Crippen molar-refractivity contribution in [2.24, 2.45) is 7.05 Å². The molecular weight excluding hydrogens is 168 g/mol. The summed E-state index contributed by atoms with van der Waals surface area (Å²) in [5, 5.41) is 20.6. The maximum Gasteiger partial charge on any atom is 0.205 e. The van der Waals surface area contributed by atoms with Crippen LogP contribution in [0.25, 0.3) is 11.4 Å². The SMILES string of the molecule is Cn1nnc(-c2[c]c(O)ccc2)n1. The summed E-state index contributed by atoms with van der Waals surface area (Å²) in [6.07, 6.45) is 0. The molecule has 1 aromatic carbocycles. The molecule has 0 aliphatic rings. The van der Waals surface area contributed by atoms with Crippen molar-refractivity contribution in [2.75, 3.05) is 0 Å². The summed E-state index contributed by atoms with van der Waals surface area (Å²) in [5.74, 6) is 0.531. The van der Waals surface area contributed by atoms with Crippen LogP contribution in [-0.4, -0.2) is 25.3 Å². The number of nitrogens with zero attached hydrogens (tertiary/aromatic N) is 4. The van der Waals surface area contributed by atoms with E-state index in [0.29, 0.717) is 11.4 Å². The number of benzene rings is 1.